The molecule has 2 aromatic rings. The number of rotatable bonds is 0. The lowest BCUT2D eigenvalue weighted by Gasteiger charge is -1.87. The molecule has 0 radical (unpaired) electrons. The molecule has 2 rings (SSSR count). The van der Waals surface area contributed by atoms with E-state index in [1.807, 2.05) is 0 Å². The van der Waals surface area contributed by atoms with E-state index < -0.39 is 0 Å². The van der Waals surface area contributed by atoms with Gasteiger partial charge in [0, 0.05) is 0 Å². The van der Waals surface area contributed by atoms with Crippen molar-refractivity contribution in [2.45, 2.75) is 0 Å². The average Bonchev–Trinajstić information content (AvgIpc) is 2.27. The van der Waals surface area contributed by atoms with E-state index in [1.54, 1.807) is 6.20 Å². The third kappa shape index (κ3) is 0.966. The molecule has 0 amide bonds. The smallest absolute Gasteiger partial charge is 0.221 e. The second-order valence-electron chi connectivity index (χ2n) is 1.97. The Morgan fingerprint density at radius 3 is 2.91 bits per heavy atom. The first kappa shape index (κ1) is 6.29. The fourth-order valence-corrected chi connectivity index (χ4v) is 1.45. The van der Waals surface area contributed by atoms with Gasteiger partial charge < -0.3 is 11.5 Å². The fourth-order valence-electron chi connectivity index (χ4n) is 0.765. The maximum Gasteiger partial charge on any atom is 0.221 e. The lowest BCUT2D eigenvalue weighted by molar-refractivity contribution is 1.24. The van der Waals surface area contributed by atoms with Crippen LogP contribution >= 0.6 is 11.3 Å². The van der Waals surface area contributed by atoms with Crippen molar-refractivity contribution in [2.24, 2.45) is 0 Å². The van der Waals surface area contributed by atoms with Crippen molar-refractivity contribution in [3.8, 4) is 0 Å². The Hall–Kier alpha value is -1.43. The van der Waals surface area contributed by atoms with Crippen LogP contribution in [0.15, 0.2) is 6.20 Å². The molecule has 2 heterocycles. The van der Waals surface area contributed by atoms with Crippen molar-refractivity contribution in [3.05, 3.63) is 6.20 Å². The maximum atomic E-state index is 5.44. The van der Waals surface area contributed by atoms with Gasteiger partial charge in [-0.2, -0.15) is 0 Å². The van der Waals surface area contributed by atoms with Crippen LogP contribution in [-0.2, 0) is 0 Å². The molecule has 0 bridgehead atoms. The molecule has 2 aromatic heterocycles. The zero-order valence-corrected chi connectivity index (χ0v) is 6.30. The normalized spacial score (nSPS) is 10.5. The first-order chi connectivity index (χ1) is 5.25. The zero-order chi connectivity index (χ0) is 7.84. The largest absolute Gasteiger partial charge is 0.375 e. The zero-order valence-electron chi connectivity index (χ0n) is 5.48. The van der Waals surface area contributed by atoms with Crippen molar-refractivity contribution in [3.63, 3.8) is 0 Å². The molecule has 0 atom stereocenters. The lowest BCUT2D eigenvalue weighted by atomic mass is 10.6. The predicted octanol–water partition coefficient (Wildman–Crippen LogP) is 0.251. The summed E-state index contributed by atoms with van der Waals surface area (Å²) in [6.07, 6.45) is 1.56. The summed E-state index contributed by atoms with van der Waals surface area (Å²) in [7, 11) is 0. The number of fused-ring (bicyclic) bond motifs is 1. The van der Waals surface area contributed by atoms with Crippen LogP contribution in [-0.4, -0.2) is 15.0 Å². The summed E-state index contributed by atoms with van der Waals surface area (Å²) in [5.41, 5.74) is 11.5. The highest BCUT2D eigenvalue weighted by atomic mass is 32.1. The van der Waals surface area contributed by atoms with Crippen LogP contribution in [0.1, 0.15) is 0 Å². The van der Waals surface area contributed by atoms with Crippen LogP contribution in [0.25, 0.3) is 10.3 Å². The van der Waals surface area contributed by atoms with Crippen LogP contribution in [0, 0.1) is 0 Å². The SMILES string of the molecule is Nc1ncc2nc(N)sc2n1. The number of hydrogen-bond acceptors (Lipinski definition) is 6. The molecule has 4 N–H and O–H groups in total. The summed E-state index contributed by atoms with van der Waals surface area (Å²) in [4.78, 5) is 12.4. The molecule has 5 nitrogen and oxygen atoms in total. The quantitative estimate of drug-likeness (QED) is 0.587. The highest BCUT2D eigenvalue weighted by molar-refractivity contribution is 7.21. The van der Waals surface area contributed by atoms with Crippen molar-refractivity contribution in [1.82, 2.24) is 15.0 Å². The molecule has 11 heavy (non-hydrogen) atoms. The Morgan fingerprint density at radius 2 is 2.09 bits per heavy atom. The molecular weight excluding hydrogens is 162 g/mol. The monoisotopic (exact) mass is 167 g/mol. The average molecular weight is 167 g/mol. The second kappa shape index (κ2) is 2.03. The summed E-state index contributed by atoms with van der Waals surface area (Å²) in [5, 5.41) is 0.486. The van der Waals surface area contributed by atoms with E-state index in [-0.39, 0.29) is 5.95 Å². The van der Waals surface area contributed by atoms with Crippen LogP contribution in [0.5, 0.6) is 0 Å². The highest BCUT2D eigenvalue weighted by Gasteiger charge is 2.01. The first-order valence-electron chi connectivity index (χ1n) is 2.90. The predicted molar refractivity (Wildman–Crippen MR) is 44.0 cm³/mol. The Kier molecular flexibility index (Phi) is 1.16. The minimum Gasteiger partial charge on any atom is -0.375 e. The Morgan fingerprint density at radius 1 is 1.27 bits per heavy atom. The molecule has 0 aromatic carbocycles. The van der Waals surface area contributed by atoms with Gasteiger partial charge in [0.2, 0.25) is 5.95 Å². The second-order valence-corrected chi connectivity index (χ2v) is 2.98. The molecule has 0 unspecified atom stereocenters. The number of nitrogens with zero attached hydrogens (tertiary/aromatic N) is 3. The van der Waals surface area contributed by atoms with Crippen LogP contribution in [0.2, 0.25) is 0 Å². The van der Waals surface area contributed by atoms with Gasteiger partial charge in [-0.15, -0.1) is 0 Å². The van der Waals surface area contributed by atoms with E-state index >= 15 is 0 Å². The fraction of sp³-hybridized carbons (Fsp3) is 0. The van der Waals surface area contributed by atoms with Gasteiger partial charge in [-0.3, -0.25) is 0 Å². The molecule has 56 valence electrons. The van der Waals surface area contributed by atoms with Crippen LogP contribution < -0.4 is 11.5 Å². The van der Waals surface area contributed by atoms with Gasteiger partial charge >= 0.3 is 0 Å². The molecular formula is C5H5N5S. The molecule has 0 spiro atoms. The van der Waals surface area contributed by atoms with Gasteiger partial charge in [-0.05, 0) is 0 Å². The number of hydrogen-bond donors (Lipinski definition) is 2. The van der Waals surface area contributed by atoms with Crippen molar-refractivity contribution in [1.29, 1.82) is 0 Å². The van der Waals surface area contributed by atoms with E-state index in [2.05, 4.69) is 15.0 Å². The van der Waals surface area contributed by atoms with Crippen LogP contribution in [0.4, 0.5) is 11.1 Å². The molecule has 0 fully saturated rings. The molecule has 0 aliphatic rings. The molecule has 0 aliphatic carbocycles. The van der Waals surface area contributed by atoms with Crippen LogP contribution in [0.3, 0.4) is 0 Å². The molecule has 6 heteroatoms. The van der Waals surface area contributed by atoms with Crippen molar-refractivity contribution in [2.75, 3.05) is 11.5 Å². The number of anilines is 2. The summed E-state index contributed by atoms with van der Waals surface area (Å²) in [5.74, 6) is 0.251. The minimum atomic E-state index is 0.251. The number of aromatic nitrogens is 3. The first-order valence-corrected chi connectivity index (χ1v) is 3.72. The Bertz CT molecular complexity index is 395. The van der Waals surface area contributed by atoms with Crippen molar-refractivity contribution >= 4 is 32.8 Å². The third-order valence-electron chi connectivity index (χ3n) is 1.19. The van der Waals surface area contributed by atoms with Gasteiger partial charge in [-0.25, -0.2) is 15.0 Å². The van der Waals surface area contributed by atoms with E-state index in [0.29, 0.717) is 10.6 Å². The maximum absolute atomic E-state index is 5.44. The lowest BCUT2D eigenvalue weighted by Crippen LogP contribution is -1.92. The van der Waals surface area contributed by atoms with E-state index in [9.17, 15) is 0 Å². The molecule has 0 saturated heterocycles. The van der Waals surface area contributed by atoms with Gasteiger partial charge in [-0.1, -0.05) is 11.3 Å². The Balaban J connectivity index is 2.82. The van der Waals surface area contributed by atoms with E-state index in [0.717, 1.165) is 4.83 Å². The van der Waals surface area contributed by atoms with E-state index in [4.69, 9.17) is 11.5 Å². The van der Waals surface area contributed by atoms with Crippen molar-refractivity contribution < 1.29 is 0 Å². The minimum absolute atomic E-state index is 0.251. The van der Waals surface area contributed by atoms with Gasteiger partial charge in [0.25, 0.3) is 0 Å². The number of thiazole rings is 1. The Labute approximate surface area is 66.1 Å². The highest BCUT2D eigenvalue weighted by Crippen LogP contribution is 2.20. The number of nitrogens with two attached hydrogens (primary N) is 2. The summed E-state index contributed by atoms with van der Waals surface area (Å²) >= 11 is 1.30. The van der Waals surface area contributed by atoms with E-state index in [1.165, 1.54) is 11.3 Å². The standard InChI is InChI=1S/C5H5N5S/c6-4-8-1-2-3(10-4)11-5(7)9-2/h1H,(H2,7,9)(H2,6,8,10). The summed E-state index contributed by atoms with van der Waals surface area (Å²) in [6, 6.07) is 0. The topological polar surface area (TPSA) is 90.7 Å². The number of nitrogen functional groups attached to an aromatic ring is 2. The summed E-state index contributed by atoms with van der Waals surface area (Å²) in [6.45, 7) is 0. The van der Waals surface area contributed by atoms with Gasteiger partial charge in [0.15, 0.2) is 9.96 Å². The third-order valence-corrected chi connectivity index (χ3v) is 1.98. The van der Waals surface area contributed by atoms with Gasteiger partial charge in [0.1, 0.15) is 5.52 Å². The summed E-state index contributed by atoms with van der Waals surface area (Å²) < 4.78 is 0. The molecule has 0 saturated carbocycles. The van der Waals surface area contributed by atoms with Gasteiger partial charge in [0.05, 0.1) is 6.20 Å². The molecule has 0 aliphatic heterocycles.